The number of guanidine groups is 1. The molecule has 28 heavy (non-hydrogen) atoms. The summed E-state index contributed by atoms with van der Waals surface area (Å²) in [7, 11) is 1.48. The number of nitrogens with one attached hydrogen (secondary N) is 2. The van der Waals surface area contributed by atoms with Gasteiger partial charge in [0.15, 0.2) is 5.96 Å². The Morgan fingerprint density at radius 3 is 2.68 bits per heavy atom. The van der Waals surface area contributed by atoms with Gasteiger partial charge in [0, 0.05) is 12.1 Å². The quantitative estimate of drug-likeness (QED) is 0.272. The maximum absolute atomic E-state index is 12.6. The molecular formula is C18H24F2IN3O4. The van der Waals surface area contributed by atoms with Crippen LogP contribution in [0.15, 0.2) is 46.0 Å². The molecule has 0 amide bonds. The Bertz CT molecular complexity index is 730. The van der Waals surface area contributed by atoms with Crippen molar-refractivity contribution in [1.82, 2.24) is 10.6 Å². The van der Waals surface area contributed by atoms with Crippen molar-refractivity contribution < 1.29 is 27.8 Å². The van der Waals surface area contributed by atoms with E-state index in [9.17, 15) is 13.9 Å². The number of benzene rings is 1. The summed E-state index contributed by atoms with van der Waals surface area (Å²) < 4.78 is 40.0. The van der Waals surface area contributed by atoms with Gasteiger partial charge >= 0.3 is 6.61 Å². The zero-order valence-electron chi connectivity index (χ0n) is 15.5. The number of alkyl halides is 2. The smallest absolute Gasteiger partial charge is 0.387 e. The Hall–Kier alpha value is -2.08. The summed E-state index contributed by atoms with van der Waals surface area (Å²) in [5, 5.41) is 16.1. The van der Waals surface area contributed by atoms with Crippen molar-refractivity contribution in [2.45, 2.75) is 26.2 Å². The average molecular weight is 511 g/mol. The number of ether oxygens (including phenoxy) is 2. The topological polar surface area (TPSA) is 88.3 Å². The average Bonchev–Trinajstić information content (AvgIpc) is 3.19. The summed E-state index contributed by atoms with van der Waals surface area (Å²) in [6, 6.07) is 7.89. The molecule has 7 nitrogen and oxygen atoms in total. The molecule has 3 N–H and O–H groups in total. The minimum Gasteiger partial charge on any atom is -0.497 e. The number of aliphatic imine (C=N–C) groups is 1. The van der Waals surface area contributed by atoms with Crippen LogP contribution in [0, 0.1) is 0 Å². The summed E-state index contributed by atoms with van der Waals surface area (Å²) in [6.07, 6.45) is 0.629. The van der Waals surface area contributed by atoms with Crippen molar-refractivity contribution in [3.05, 3.63) is 47.9 Å². The molecule has 0 fully saturated rings. The van der Waals surface area contributed by atoms with Crippen LogP contribution in [0.2, 0.25) is 0 Å². The number of aliphatic hydroxyl groups excluding tert-OH is 1. The van der Waals surface area contributed by atoms with Crippen molar-refractivity contribution >= 4 is 29.9 Å². The van der Waals surface area contributed by atoms with Crippen LogP contribution in [0.25, 0.3) is 0 Å². The van der Waals surface area contributed by atoms with Crippen LogP contribution in [-0.4, -0.2) is 37.9 Å². The molecule has 156 valence electrons. The van der Waals surface area contributed by atoms with Gasteiger partial charge in [-0.1, -0.05) is 0 Å². The van der Waals surface area contributed by atoms with Crippen LogP contribution in [-0.2, 0) is 6.54 Å². The molecule has 0 spiro atoms. The Labute approximate surface area is 179 Å². The minimum absolute atomic E-state index is 0. The third-order valence-electron chi connectivity index (χ3n) is 3.57. The van der Waals surface area contributed by atoms with Gasteiger partial charge in [-0.3, -0.25) is 0 Å². The van der Waals surface area contributed by atoms with Crippen molar-refractivity contribution in [2.24, 2.45) is 4.99 Å². The summed E-state index contributed by atoms with van der Waals surface area (Å²) in [5.41, 5.74) is 0.443. The molecule has 1 aromatic carbocycles. The molecule has 1 heterocycles. The number of nitrogens with zero attached hydrogens (tertiary/aromatic N) is 1. The lowest BCUT2D eigenvalue weighted by molar-refractivity contribution is -0.0504. The van der Waals surface area contributed by atoms with Gasteiger partial charge < -0.3 is 29.6 Å². The Morgan fingerprint density at radius 2 is 2.07 bits per heavy atom. The van der Waals surface area contributed by atoms with Gasteiger partial charge in [0.2, 0.25) is 0 Å². The molecule has 0 saturated carbocycles. The van der Waals surface area contributed by atoms with Crippen molar-refractivity contribution in [2.75, 3.05) is 20.2 Å². The summed E-state index contributed by atoms with van der Waals surface area (Å²) in [6.45, 7) is -0.224. The van der Waals surface area contributed by atoms with Gasteiger partial charge in [-0.15, -0.1) is 24.0 Å². The second-order valence-electron chi connectivity index (χ2n) is 5.46. The lowest BCUT2D eigenvalue weighted by atomic mass is 10.2. The highest BCUT2D eigenvalue weighted by Gasteiger charge is 2.13. The molecule has 2 aromatic rings. The molecule has 0 radical (unpaired) electrons. The molecule has 1 atom stereocenters. The van der Waals surface area contributed by atoms with E-state index in [0.717, 1.165) is 0 Å². The molecule has 0 aliphatic heterocycles. The second kappa shape index (κ2) is 12.4. The van der Waals surface area contributed by atoms with E-state index in [0.29, 0.717) is 29.6 Å². The fraction of sp³-hybridized carbons (Fsp3) is 0.389. The zero-order chi connectivity index (χ0) is 19.6. The first-order valence-electron chi connectivity index (χ1n) is 8.38. The molecular weight excluding hydrogens is 487 g/mol. The van der Waals surface area contributed by atoms with Crippen LogP contribution >= 0.6 is 24.0 Å². The van der Waals surface area contributed by atoms with Crippen molar-refractivity contribution in [3.8, 4) is 11.5 Å². The fourth-order valence-corrected chi connectivity index (χ4v) is 2.30. The van der Waals surface area contributed by atoms with Gasteiger partial charge in [0.25, 0.3) is 0 Å². The van der Waals surface area contributed by atoms with E-state index in [4.69, 9.17) is 9.15 Å². The van der Waals surface area contributed by atoms with Crippen molar-refractivity contribution in [3.63, 3.8) is 0 Å². The first kappa shape index (κ1) is 24.0. The summed E-state index contributed by atoms with van der Waals surface area (Å²) >= 11 is 0. The van der Waals surface area contributed by atoms with Gasteiger partial charge in [-0.25, -0.2) is 4.99 Å². The molecule has 10 heteroatoms. The maximum Gasteiger partial charge on any atom is 0.387 e. The van der Waals surface area contributed by atoms with Crippen LogP contribution in [0.4, 0.5) is 8.78 Å². The maximum atomic E-state index is 12.6. The Balaban J connectivity index is 0.00000392. The molecule has 0 bridgehead atoms. The first-order chi connectivity index (χ1) is 13.0. The lowest BCUT2D eigenvalue weighted by Gasteiger charge is -2.15. The predicted octanol–water partition coefficient (Wildman–Crippen LogP) is 3.30. The molecule has 0 aliphatic carbocycles. The fourth-order valence-electron chi connectivity index (χ4n) is 2.30. The normalized spacial score (nSPS) is 12.3. The van der Waals surface area contributed by atoms with Crippen LogP contribution in [0.3, 0.4) is 0 Å². The van der Waals surface area contributed by atoms with Crippen molar-refractivity contribution in [1.29, 1.82) is 0 Å². The van der Waals surface area contributed by atoms with E-state index in [1.54, 1.807) is 18.2 Å². The number of methoxy groups -OCH3 is 1. The van der Waals surface area contributed by atoms with Gasteiger partial charge in [-0.2, -0.15) is 8.78 Å². The molecule has 1 aromatic heterocycles. The van der Waals surface area contributed by atoms with E-state index in [-0.39, 0.29) is 42.8 Å². The number of halogens is 3. The van der Waals surface area contributed by atoms with Crippen LogP contribution in [0.1, 0.15) is 24.4 Å². The highest BCUT2D eigenvalue weighted by molar-refractivity contribution is 14.0. The second-order valence-corrected chi connectivity index (χ2v) is 5.46. The first-order valence-corrected chi connectivity index (χ1v) is 8.38. The third kappa shape index (κ3) is 7.50. The van der Waals surface area contributed by atoms with Gasteiger partial charge in [-0.05, 0) is 37.3 Å². The monoisotopic (exact) mass is 511 g/mol. The van der Waals surface area contributed by atoms with E-state index in [2.05, 4.69) is 20.4 Å². The van der Waals surface area contributed by atoms with Gasteiger partial charge in [0.05, 0.1) is 26.5 Å². The third-order valence-corrected chi connectivity index (χ3v) is 3.57. The number of hydrogen-bond donors (Lipinski definition) is 3. The van der Waals surface area contributed by atoms with E-state index in [1.165, 1.54) is 25.5 Å². The van der Waals surface area contributed by atoms with Crippen LogP contribution < -0.4 is 20.1 Å². The van der Waals surface area contributed by atoms with Gasteiger partial charge in [0.1, 0.15) is 23.4 Å². The minimum atomic E-state index is -2.93. The van der Waals surface area contributed by atoms with E-state index >= 15 is 0 Å². The highest BCUT2D eigenvalue weighted by atomic mass is 127. The number of hydrogen-bond acceptors (Lipinski definition) is 5. The summed E-state index contributed by atoms with van der Waals surface area (Å²) in [5.74, 6) is 1.38. The standard InChI is InChI=1S/C18H23F2N3O4.HI/c1-3-21-18(23-11-14(24)16-5-4-8-26-16)22-10-12-9-13(25-2)6-7-15(12)27-17(19)20;/h4-9,14,17,24H,3,10-11H2,1-2H3,(H2,21,22,23);1H. The van der Waals surface area contributed by atoms with E-state index < -0.39 is 12.7 Å². The number of aliphatic hydroxyl groups is 1. The Morgan fingerprint density at radius 1 is 1.29 bits per heavy atom. The molecule has 0 aliphatic rings. The SMILES string of the molecule is CCNC(=NCc1cc(OC)ccc1OC(F)F)NCC(O)c1ccco1.I. The Kier molecular flexibility index (Phi) is 10.6. The highest BCUT2D eigenvalue weighted by Crippen LogP contribution is 2.26. The summed E-state index contributed by atoms with van der Waals surface area (Å²) in [4.78, 5) is 4.35. The van der Waals surface area contributed by atoms with Crippen LogP contribution in [0.5, 0.6) is 11.5 Å². The predicted molar refractivity (Wildman–Crippen MR) is 112 cm³/mol. The molecule has 0 saturated heterocycles. The largest absolute Gasteiger partial charge is 0.497 e. The lowest BCUT2D eigenvalue weighted by Crippen LogP contribution is -2.39. The number of furan rings is 1. The molecule has 2 rings (SSSR count). The molecule has 1 unspecified atom stereocenters. The zero-order valence-corrected chi connectivity index (χ0v) is 17.9. The van der Waals surface area contributed by atoms with E-state index in [1.807, 2.05) is 6.92 Å². The number of rotatable bonds is 9.